The molecule has 3 aromatic carbocycles. The Kier molecular flexibility index (Phi) is 6.58. The molecule has 37 heavy (non-hydrogen) atoms. The molecule has 0 radical (unpaired) electrons. The van der Waals surface area contributed by atoms with Crippen molar-refractivity contribution in [2.45, 2.75) is 25.3 Å². The van der Waals surface area contributed by atoms with Gasteiger partial charge in [-0.1, -0.05) is 60.1 Å². The zero-order valence-electron chi connectivity index (χ0n) is 19.4. The van der Waals surface area contributed by atoms with Gasteiger partial charge in [0, 0.05) is 39.9 Å². The molecule has 1 amide bonds. The fourth-order valence-corrected chi connectivity index (χ4v) is 4.77. The zero-order valence-corrected chi connectivity index (χ0v) is 20.2. The van der Waals surface area contributed by atoms with Crippen LogP contribution in [0, 0.1) is 5.82 Å². The van der Waals surface area contributed by atoms with Gasteiger partial charge in [-0.2, -0.15) is 5.10 Å². The Labute approximate surface area is 215 Å². The van der Waals surface area contributed by atoms with Crippen LogP contribution >= 0.6 is 11.6 Å². The third-order valence-corrected chi connectivity index (χ3v) is 6.58. The molecule has 5 rings (SSSR count). The van der Waals surface area contributed by atoms with E-state index in [9.17, 15) is 18.8 Å². The second-order valence-electron chi connectivity index (χ2n) is 8.68. The van der Waals surface area contributed by atoms with Crippen LogP contribution in [0.3, 0.4) is 0 Å². The van der Waals surface area contributed by atoms with Crippen LogP contribution in [0.4, 0.5) is 4.39 Å². The van der Waals surface area contributed by atoms with Crippen molar-refractivity contribution in [1.82, 2.24) is 9.99 Å². The summed E-state index contributed by atoms with van der Waals surface area (Å²) in [5, 5.41) is 16.0. The highest BCUT2D eigenvalue weighted by atomic mass is 35.5. The number of pyridine rings is 1. The van der Waals surface area contributed by atoms with Gasteiger partial charge in [0.15, 0.2) is 0 Å². The van der Waals surface area contributed by atoms with E-state index in [2.05, 4.69) is 10.1 Å². The summed E-state index contributed by atoms with van der Waals surface area (Å²) in [6.45, 7) is 0. The zero-order chi connectivity index (χ0) is 26.1. The van der Waals surface area contributed by atoms with Crippen LogP contribution in [0.25, 0.3) is 22.0 Å². The largest absolute Gasteiger partial charge is 0.481 e. The smallest absolute Gasteiger partial charge is 0.303 e. The van der Waals surface area contributed by atoms with Gasteiger partial charge in [-0.3, -0.25) is 14.4 Å². The van der Waals surface area contributed by atoms with Gasteiger partial charge in [0.2, 0.25) is 5.91 Å². The van der Waals surface area contributed by atoms with Crippen LogP contribution in [0.15, 0.2) is 82.7 Å². The molecule has 0 saturated heterocycles. The number of aromatic amines is 1. The molecular formula is C28H21ClFN3O4. The third kappa shape index (κ3) is 4.75. The minimum Gasteiger partial charge on any atom is -0.481 e. The van der Waals surface area contributed by atoms with E-state index in [1.807, 2.05) is 18.2 Å². The normalized spacial score (nSPS) is 15.1. The molecule has 9 heteroatoms. The summed E-state index contributed by atoms with van der Waals surface area (Å²) < 4.78 is 14.8. The Morgan fingerprint density at radius 3 is 2.43 bits per heavy atom. The number of nitrogens with zero attached hydrogens (tertiary/aromatic N) is 2. The number of H-pyrrole nitrogens is 1. The molecule has 2 heterocycles. The fraction of sp³-hybridized carbons (Fsp3) is 0.143. The van der Waals surface area contributed by atoms with Crippen molar-refractivity contribution in [2.75, 3.05) is 0 Å². The Bertz CT molecular complexity index is 1610. The van der Waals surface area contributed by atoms with Crippen LogP contribution in [0.1, 0.15) is 36.4 Å². The molecule has 1 aliphatic heterocycles. The summed E-state index contributed by atoms with van der Waals surface area (Å²) in [6.07, 6.45) is -0.631. The molecule has 7 nitrogen and oxygen atoms in total. The number of fused-ring (bicyclic) bond motifs is 1. The number of aliphatic carboxylic acids is 1. The van der Waals surface area contributed by atoms with Crippen molar-refractivity contribution >= 4 is 40.1 Å². The third-order valence-electron chi connectivity index (χ3n) is 6.33. The van der Waals surface area contributed by atoms with Crippen LogP contribution < -0.4 is 5.56 Å². The second-order valence-corrected chi connectivity index (χ2v) is 9.11. The number of carbonyl (C=O) groups is 2. The number of carbonyl (C=O) groups excluding carboxylic acids is 1. The summed E-state index contributed by atoms with van der Waals surface area (Å²) in [5.41, 5.74) is 2.35. The maximum Gasteiger partial charge on any atom is 0.303 e. The van der Waals surface area contributed by atoms with Crippen LogP contribution in [0.5, 0.6) is 0 Å². The number of hydrogen-bond acceptors (Lipinski definition) is 4. The summed E-state index contributed by atoms with van der Waals surface area (Å²) in [4.78, 5) is 40.5. The predicted octanol–water partition coefficient (Wildman–Crippen LogP) is 5.53. The molecule has 1 atom stereocenters. The maximum atomic E-state index is 14.8. The molecule has 186 valence electrons. The molecule has 1 aromatic heterocycles. The van der Waals surface area contributed by atoms with Gasteiger partial charge in [0.1, 0.15) is 5.82 Å². The fourth-order valence-electron chi connectivity index (χ4n) is 4.64. The van der Waals surface area contributed by atoms with E-state index >= 15 is 0 Å². The number of benzene rings is 3. The Hall–Kier alpha value is -4.30. The Morgan fingerprint density at radius 2 is 1.70 bits per heavy atom. The molecule has 2 N–H and O–H groups in total. The summed E-state index contributed by atoms with van der Waals surface area (Å²) in [5.74, 6) is -2.23. The van der Waals surface area contributed by atoms with Crippen molar-refractivity contribution in [3.63, 3.8) is 0 Å². The van der Waals surface area contributed by atoms with Crippen molar-refractivity contribution in [3.05, 3.63) is 105 Å². The van der Waals surface area contributed by atoms with Gasteiger partial charge in [0.25, 0.3) is 5.56 Å². The van der Waals surface area contributed by atoms with Gasteiger partial charge in [0.05, 0.1) is 23.7 Å². The lowest BCUT2D eigenvalue weighted by Gasteiger charge is -2.22. The van der Waals surface area contributed by atoms with Gasteiger partial charge >= 0.3 is 5.97 Å². The van der Waals surface area contributed by atoms with Gasteiger partial charge < -0.3 is 10.1 Å². The predicted molar refractivity (Wildman–Crippen MR) is 139 cm³/mol. The molecule has 1 aliphatic rings. The first-order valence-corrected chi connectivity index (χ1v) is 12.0. The summed E-state index contributed by atoms with van der Waals surface area (Å²) >= 11 is 6.11. The molecule has 0 spiro atoms. The van der Waals surface area contributed by atoms with Gasteiger partial charge in [-0.05, 0) is 29.8 Å². The highest BCUT2D eigenvalue weighted by Crippen LogP contribution is 2.38. The number of carboxylic acids is 1. The number of amides is 1. The van der Waals surface area contributed by atoms with Crippen molar-refractivity contribution in [3.8, 4) is 11.1 Å². The molecule has 0 aliphatic carbocycles. The highest BCUT2D eigenvalue weighted by Gasteiger charge is 2.36. The number of hydrazone groups is 1. The number of rotatable bonds is 6. The first-order chi connectivity index (χ1) is 17.8. The lowest BCUT2D eigenvalue weighted by Crippen LogP contribution is -2.28. The lowest BCUT2D eigenvalue weighted by atomic mass is 9.91. The monoisotopic (exact) mass is 517 g/mol. The van der Waals surface area contributed by atoms with Crippen molar-refractivity contribution < 1.29 is 19.1 Å². The van der Waals surface area contributed by atoms with E-state index in [0.717, 1.165) is 16.0 Å². The first-order valence-electron chi connectivity index (χ1n) is 11.6. The molecular weight excluding hydrogens is 497 g/mol. The van der Waals surface area contributed by atoms with E-state index in [4.69, 9.17) is 16.7 Å². The van der Waals surface area contributed by atoms with Crippen LogP contribution in [-0.4, -0.2) is 32.7 Å². The number of aromatic nitrogens is 1. The Morgan fingerprint density at radius 1 is 1.00 bits per heavy atom. The lowest BCUT2D eigenvalue weighted by molar-refractivity contribution is -0.141. The molecule has 0 saturated carbocycles. The SMILES string of the molecule is O=C(O)CCC(=O)N1N=C(c2c(-c3ccc(Cl)cc3)c3ccccc3[nH]c2=O)CC1c1ccccc1F. The number of nitrogens with one attached hydrogen (secondary N) is 1. The number of halogens is 2. The van der Waals surface area contributed by atoms with E-state index in [1.165, 1.54) is 6.07 Å². The van der Waals surface area contributed by atoms with E-state index in [1.54, 1.807) is 48.5 Å². The minimum absolute atomic E-state index is 0.0712. The first kappa shape index (κ1) is 24.4. The Balaban J connectivity index is 1.70. The molecule has 0 fully saturated rings. The standard InChI is InChI=1S/C28H21ClFN3O4/c29-17-11-9-16(10-12-17)26-19-6-2-4-8-21(19)31-28(37)27(26)22-15-23(18-5-1-3-7-20(18)30)33(32-22)24(34)13-14-25(35)36/h1-12,23H,13-15H2,(H,31,37)(H,35,36). The molecule has 1 unspecified atom stereocenters. The molecule has 0 bridgehead atoms. The van der Waals surface area contributed by atoms with E-state index < -0.39 is 35.7 Å². The highest BCUT2D eigenvalue weighted by molar-refractivity contribution is 6.30. The average Bonchev–Trinajstić information content (AvgIpc) is 3.32. The number of carboxylic acid groups (broad SMARTS) is 1. The van der Waals surface area contributed by atoms with E-state index in [0.29, 0.717) is 21.8 Å². The molecule has 4 aromatic rings. The van der Waals surface area contributed by atoms with Gasteiger partial charge in [-0.15, -0.1) is 0 Å². The van der Waals surface area contributed by atoms with Crippen molar-refractivity contribution in [1.29, 1.82) is 0 Å². The van der Waals surface area contributed by atoms with E-state index in [-0.39, 0.29) is 24.0 Å². The van der Waals surface area contributed by atoms with Crippen LogP contribution in [-0.2, 0) is 9.59 Å². The average molecular weight is 518 g/mol. The maximum absolute atomic E-state index is 14.8. The summed E-state index contributed by atoms with van der Waals surface area (Å²) in [6, 6.07) is 19.6. The number of para-hydroxylation sites is 1. The van der Waals surface area contributed by atoms with Gasteiger partial charge in [-0.25, -0.2) is 9.40 Å². The topological polar surface area (TPSA) is 103 Å². The van der Waals surface area contributed by atoms with Crippen LogP contribution in [0.2, 0.25) is 5.02 Å². The summed E-state index contributed by atoms with van der Waals surface area (Å²) in [7, 11) is 0. The quantitative estimate of drug-likeness (QED) is 0.351. The minimum atomic E-state index is -1.13. The van der Waals surface area contributed by atoms with Crippen molar-refractivity contribution in [2.24, 2.45) is 5.10 Å². The number of hydrogen-bond donors (Lipinski definition) is 2. The second kappa shape index (κ2) is 9.99.